The van der Waals surface area contributed by atoms with E-state index in [9.17, 15) is 0 Å². The van der Waals surface area contributed by atoms with Crippen LogP contribution in [0.5, 0.6) is 5.88 Å². The largest absolute Gasteiger partial charge is 0.479 e. The van der Waals surface area contributed by atoms with Crippen LogP contribution in [0.3, 0.4) is 0 Å². The van der Waals surface area contributed by atoms with Gasteiger partial charge in [0.25, 0.3) is 0 Å². The smallest absolute Gasteiger partial charge is 0.199 e. The van der Waals surface area contributed by atoms with Gasteiger partial charge in [0.15, 0.2) is 5.88 Å². The van der Waals surface area contributed by atoms with E-state index in [4.69, 9.17) is 10.5 Å². The summed E-state index contributed by atoms with van der Waals surface area (Å²) in [6.07, 6.45) is 8.25. The normalized spacial score (nSPS) is 10.9. The molecule has 0 spiro atoms. The fraction of sp³-hybridized carbons (Fsp3) is 0.462. The van der Waals surface area contributed by atoms with Crippen molar-refractivity contribution in [2.24, 2.45) is 5.73 Å². The summed E-state index contributed by atoms with van der Waals surface area (Å²) in [5.41, 5.74) is 6.37. The lowest BCUT2D eigenvalue weighted by Crippen LogP contribution is -2.02. The highest BCUT2D eigenvalue weighted by Crippen LogP contribution is 2.13. The quantitative estimate of drug-likeness (QED) is 0.746. The van der Waals surface area contributed by atoms with Gasteiger partial charge in [-0.15, -0.1) is 0 Å². The number of nitrogens with zero attached hydrogens (tertiary/aromatic N) is 2. The van der Waals surface area contributed by atoms with Gasteiger partial charge in [0.1, 0.15) is 5.65 Å². The van der Waals surface area contributed by atoms with Gasteiger partial charge in [0.05, 0.1) is 6.61 Å². The van der Waals surface area contributed by atoms with Gasteiger partial charge in [0.2, 0.25) is 0 Å². The molecule has 2 N–H and O–H groups in total. The summed E-state index contributed by atoms with van der Waals surface area (Å²) in [6, 6.07) is 5.90. The van der Waals surface area contributed by atoms with E-state index in [1.54, 1.807) is 6.20 Å². The summed E-state index contributed by atoms with van der Waals surface area (Å²) in [4.78, 5) is 4.22. The van der Waals surface area contributed by atoms with E-state index in [1.165, 1.54) is 12.8 Å². The summed E-state index contributed by atoms with van der Waals surface area (Å²) in [7, 11) is 0. The molecule has 0 aromatic carbocycles. The van der Waals surface area contributed by atoms with E-state index >= 15 is 0 Å². The number of nitrogens with two attached hydrogens (primary N) is 1. The zero-order chi connectivity index (χ0) is 11.9. The van der Waals surface area contributed by atoms with Crippen LogP contribution >= 0.6 is 0 Å². The van der Waals surface area contributed by atoms with Crippen molar-refractivity contribution in [3.8, 4) is 5.88 Å². The van der Waals surface area contributed by atoms with Crippen LogP contribution in [0.25, 0.3) is 5.65 Å². The first-order valence-corrected chi connectivity index (χ1v) is 6.17. The van der Waals surface area contributed by atoms with Crippen molar-refractivity contribution >= 4 is 5.65 Å². The Kier molecular flexibility index (Phi) is 4.38. The number of aromatic nitrogens is 2. The topological polar surface area (TPSA) is 52.5 Å². The van der Waals surface area contributed by atoms with Crippen LogP contribution in [0.15, 0.2) is 30.6 Å². The first-order valence-electron chi connectivity index (χ1n) is 6.17. The van der Waals surface area contributed by atoms with Crippen molar-refractivity contribution in [3.05, 3.63) is 30.6 Å². The van der Waals surface area contributed by atoms with E-state index in [2.05, 4.69) is 4.98 Å². The maximum absolute atomic E-state index is 5.75. The van der Waals surface area contributed by atoms with Gasteiger partial charge < -0.3 is 10.5 Å². The second kappa shape index (κ2) is 6.25. The van der Waals surface area contributed by atoms with Crippen molar-refractivity contribution in [3.63, 3.8) is 0 Å². The SMILES string of the molecule is NCCCCCCOc1cccc2nccn12. The lowest BCUT2D eigenvalue weighted by atomic mass is 10.2. The molecule has 2 aromatic rings. The molecule has 2 heterocycles. The van der Waals surface area contributed by atoms with Gasteiger partial charge >= 0.3 is 0 Å². The summed E-state index contributed by atoms with van der Waals surface area (Å²) >= 11 is 0. The Labute approximate surface area is 101 Å². The predicted octanol–water partition coefficient (Wildman–Crippen LogP) is 2.23. The van der Waals surface area contributed by atoms with E-state index in [-0.39, 0.29) is 0 Å². The van der Waals surface area contributed by atoms with E-state index in [0.29, 0.717) is 0 Å². The number of unbranched alkanes of at least 4 members (excludes halogenated alkanes) is 3. The third-order valence-corrected chi connectivity index (χ3v) is 2.74. The molecule has 2 rings (SSSR count). The Balaban J connectivity index is 1.80. The minimum atomic E-state index is 0.752. The van der Waals surface area contributed by atoms with Crippen molar-refractivity contribution in [1.82, 2.24) is 9.38 Å². The highest BCUT2D eigenvalue weighted by atomic mass is 16.5. The summed E-state index contributed by atoms with van der Waals surface area (Å²) in [6.45, 7) is 1.54. The lowest BCUT2D eigenvalue weighted by molar-refractivity contribution is 0.290. The Morgan fingerprint density at radius 2 is 2.06 bits per heavy atom. The molecule has 17 heavy (non-hydrogen) atoms. The summed E-state index contributed by atoms with van der Waals surface area (Å²) < 4.78 is 7.71. The highest BCUT2D eigenvalue weighted by molar-refractivity contribution is 5.41. The van der Waals surface area contributed by atoms with Gasteiger partial charge in [-0.05, 0) is 31.5 Å². The zero-order valence-electron chi connectivity index (χ0n) is 10.0. The number of rotatable bonds is 7. The molecule has 0 fully saturated rings. The fourth-order valence-electron chi connectivity index (χ4n) is 1.82. The van der Waals surface area contributed by atoms with Crippen molar-refractivity contribution in [2.45, 2.75) is 25.7 Å². The first kappa shape index (κ1) is 11.9. The second-order valence-corrected chi connectivity index (χ2v) is 4.07. The monoisotopic (exact) mass is 233 g/mol. The molecule has 0 aliphatic heterocycles. The number of imidazole rings is 1. The van der Waals surface area contributed by atoms with Crippen LogP contribution in [0.1, 0.15) is 25.7 Å². The molecular formula is C13H19N3O. The maximum Gasteiger partial charge on any atom is 0.199 e. The predicted molar refractivity (Wildman–Crippen MR) is 68.2 cm³/mol. The number of hydrogen-bond acceptors (Lipinski definition) is 3. The molecule has 0 aliphatic carbocycles. The lowest BCUT2D eigenvalue weighted by Gasteiger charge is -2.07. The van der Waals surface area contributed by atoms with Crippen LogP contribution in [0.2, 0.25) is 0 Å². The van der Waals surface area contributed by atoms with Crippen molar-refractivity contribution in [2.75, 3.05) is 13.2 Å². The molecule has 0 bridgehead atoms. The summed E-state index contributed by atoms with van der Waals surface area (Å²) in [5.74, 6) is 0.860. The standard InChI is InChI=1S/C13H19N3O/c14-8-3-1-2-4-11-17-13-7-5-6-12-15-9-10-16(12)13/h5-7,9-10H,1-4,8,11,14H2. The van der Waals surface area contributed by atoms with Gasteiger partial charge in [0, 0.05) is 12.4 Å². The second-order valence-electron chi connectivity index (χ2n) is 4.07. The van der Waals surface area contributed by atoms with Gasteiger partial charge in [-0.3, -0.25) is 4.40 Å². The number of hydrogen-bond donors (Lipinski definition) is 1. The molecule has 92 valence electrons. The molecule has 0 saturated heterocycles. The third-order valence-electron chi connectivity index (χ3n) is 2.74. The average Bonchev–Trinajstić information content (AvgIpc) is 2.82. The molecule has 4 heteroatoms. The van der Waals surface area contributed by atoms with Crippen LogP contribution in [-0.2, 0) is 0 Å². The van der Waals surface area contributed by atoms with Crippen molar-refractivity contribution in [1.29, 1.82) is 0 Å². The number of pyridine rings is 1. The molecule has 0 atom stereocenters. The average molecular weight is 233 g/mol. The summed E-state index contributed by atoms with van der Waals surface area (Å²) in [5, 5.41) is 0. The van der Waals surface area contributed by atoms with Crippen molar-refractivity contribution < 1.29 is 4.74 Å². The van der Waals surface area contributed by atoms with Gasteiger partial charge in [-0.1, -0.05) is 18.9 Å². The molecule has 2 aromatic heterocycles. The van der Waals surface area contributed by atoms with Crippen LogP contribution in [0.4, 0.5) is 0 Å². The molecular weight excluding hydrogens is 214 g/mol. The van der Waals surface area contributed by atoms with Crippen LogP contribution in [-0.4, -0.2) is 22.5 Å². The minimum Gasteiger partial charge on any atom is -0.479 e. The van der Waals surface area contributed by atoms with Crippen LogP contribution in [0, 0.1) is 0 Å². The Morgan fingerprint density at radius 3 is 2.94 bits per heavy atom. The maximum atomic E-state index is 5.75. The van der Waals surface area contributed by atoms with E-state index in [1.807, 2.05) is 28.8 Å². The minimum absolute atomic E-state index is 0.752. The number of fused-ring (bicyclic) bond motifs is 1. The van der Waals surface area contributed by atoms with E-state index in [0.717, 1.165) is 37.5 Å². The Hall–Kier alpha value is -1.55. The third kappa shape index (κ3) is 3.20. The highest BCUT2D eigenvalue weighted by Gasteiger charge is 2.00. The Morgan fingerprint density at radius 1 is 1.18 bits per heavy atom. The fourth-order valence-corrected chi connectivity index (χ4v) is 1.82. The zero-order valence-corrected chi connectivity index (χ0v) is 10.0. The van der Waals surface area contributed by atoms with Gasteiger partial charge in [-0.2, -0.15) is 0 Å². The molecule has 0 amide bonds. The van der Waals surface area contributed by atoms with E-state index < -0.39 is 0 Å². The van der Waals surface area contributed by atoms with Gasteiger partial charge in [-0.25, -0.2) is 4.98 Å². The molecule has 0 radical (unpaired) electrons. The van der Waals surface area contributed by atoms with Crippen LogP contribution < -0.4 is 10.5 Å². The Bertz CT molecular complexity index is 453. The molecule has 0 aliphatic rings. The first-order chi connectivity index (χ1) is 8.42. The molecule has 4 nitrogen and oxygen atoms in total. The molecule has 0 saturated carbocycles. The molecule has 0 unspecified atom stereocenters. The number of ether oxygens (including phenoxy) is 1.